The summed E-state index contributed by atoms with van der Waals surface area (Å²) in [4.78, 5) is 45.0. The van der Waals surface area contributed by atoms with E-state index >= 15 is 0 Å². The number of benzene rings is 1. The molecule has 9 heteroatoms. The molecule has 3 aliphatic carbocycles. The van der Waals surface area contributed by atoms with Crippen LogP contribution in [0.4, 0.5) is 0 Å². The highest BCUT2D eigenvalue weighted by Gasteiger charge is 2.81. The molecule has 0 radical (unpaired) electrons. The number of nitrogens with zero attached hydrogens (tertiary/aromatic N) is 1. The van der Waals surface area contributed by atoms with Crippen LogP contribution in [0.15, 0.2) is 58.2 Å². The molecule has 6 aliphatic rings. The van der Waals surface area contributed by atoms with E-state index in [0.717, 1.165) is 49.9 Å². The maximum absolute atomic E-state index is 14.9. The number of aromatic hydroxyl groups is 2. The zero-order valence-corrected chi connectivity index (χ0v) is 33.5. The summed E-state index contributed by atoms with van der Waals surface area (Å²) in [5.74, 6) is -2.44. The number of likely N-dealkylation sites (tertiary alicyclic amines) is 1. The highest BCUT2D eigenvalue weighted by molar-refractivity contribution is 6.18. The fourth-order valence-corrected chi connectivity index (χ4v) is 9.36. The number of carbonyl (C=O) groups is 3. The van der Waals surface area contributed by atoms with E-state index in [1.807, 2.05) is 46.8 Å². The zero-order valence-electron chi connectivity index (χ0n) is 33.5. The Balaban J connectivity index is 1.39. The number of hydrogen-bond acceptors (Lipinski definition) is 9. The number of ether oxygens (including phenoxy) is 3. The van der Waals surface area contributed by atoms with Crippen molar-refractivity contribution in [3.05, 3.63) is 74.9 Å². The molecule has 7 rings (SSSR count). The van der Waals surface area contributed by atoms with Gasteiger partial charge < -0.3 is 24.4 Å². The summed E-state index contributed by atoms with van der Waals surface area (Å²) in [6, 6.07) is 0. The highest BCUT2D eigenvalue weighted by Crippen LogP contribution is 2.68. The summed E-state index contributed by atoms with van der Waals surface area (Å²) in [5.41, 5.74) is 0.614. The van der Waals surface area contributed by atoms with Crippen molar-refractivity contribution in [2.45, 2.75) is 130 Å². The van der Waals surface area contributed by atoms with Crippen molar-refractivity contribution in [3.8, 4) is 17.2 Å². The number of ketones is 2. The SMILES string of the molecule is CC(C)=CCC/C(C)=C/Cc1c(O)c(CC=C(C)C)c2c(c1O)C(=O)C1=CC3CC4C(C)(C)OC(C/C=C(\C)C(=O)OCCN5CCCCC5)(C3=O)C14O2. The fourth-order valence-electron chi connectivity index (χ4n) is 9.36. The van der Waals surface area contributed by atoms with Gasteiger partial charge in [-0.25, -0.2) is 4.79 Å². The van der Waals surface area contributed by atoms with Crippen molar-refractivity contribution in [1.29, 1.82) is 0 Å². The largest absolute Gasteiger partial charge is 0.507 e. The smallest absolute Gasteiger partial charge is 0.333 e. The first-order valence-corrected chi connectivity index (χ1v) is 19.8. The number of esters is 1. The maximum atomic E-state index is 14.9. The second kappa shape index (κ2) is 15.3. The van der Waals surface area contributed by atoms with Crippen LogP contribution >= 0.6 is 0 Å². The third-order valence-corrected chi connectivity index (χ3v) is 12.3. The first kappa shape index (κ1) is 39.7. The highest BCUT2D eigenvalue weighted by atomic mass is 16.6. The third-order valence-electron chi connectivity index (χ3n) is 12.3. The Bertz CT molecular complexity index is 1860. The molecule has 292 valence electrons. The molecule has 1 saturated carbocycles. The van der Waals surface area contributed by atoms with Gasteiger partial charge in [0.1, 0.15) is 29.4 Å². The molecular weight excluding hydrogens is 682 g/mol. The van der Waals surface area contributed by atoms with Gasteiger partial charge in [0.05, 0.1) is 5.60 Å². The monoisotopic (exact) mass is 741 g/mol. The molecule has 1 spiro atoms. The molecule has 4 atom stereocenters. The van der Waals surface area contributed by atoms with Gasteiger partial charge in [-0.2, -0.15) is 0 Å². The van der Waals surface area contributed by atoms with Gasteiger partial charge in [0, 0.05) is 47.1 Å². The molecule has 4 bridgehead atoms. The van der Waals surface area contributed by atoms with Gasteiger partial charge in [0.2, 0.25) is 0 Å². The normalized spacial score (nSPS) is 27.1. The van der Waals surface area contributed by atoms with Gasteiger partial charge in [0.25, 0.3) is 0 Å². The minimum atomic E-state index is -1.63. The lowest BCUT2D eigenvalue weighted by Gasteiger charge is -2.56. The molecule has 0 aromatic heterocycles. The first-order chi connectivity index (χ1) is 25.5. The Kier molecular flexibility index (Phi) is 11.3. The lowest BCUT2D eigenvalue weighted by molar-refractivity contribution is -0.171. The van der Waals surface area contributed by atoms with Crippen molar-refractivity contribution >= 4 is 17.5 Å². The van der Waals surface area contributed by atoms with Crippen molar-refractivity contribution in [3.63, 3.8) is 0 Å². The van der Waals surface area contributed by atoms with Gasteiger partial charge in [-0.1, -0.05) is 53.5 Å². The van der Waals surface area contributed by atoms with Crippen LogP contribution in [-0.4, -0.2) is 75.7 Å². The minimum absolute atomic E-state index is 0.00351. The molecule has 1 aromatic rings. The topological polar surface area (TPSA) is 123 Å². The standard InChI is InChI=1S/C45H59NO8/c1-27(2)13-12-14-29(5)16-18-32-37(47)33(17-15-28(3)4)40-36(38(32)48)39(49)34-25-31-26-35-43(7,8)54-44(41(31)50,45(34,35)53-40)20-19-30(6)42(51)52-24-23-46-21-10-9-11-22-46/h13,15-16,19,25,31,35,47-48H,9-12,14,17-18,20-24,26H2,1-8H3/b29-16+,30-19+. The Morgan fingerprint density at radius 3 is 2.30 bits per heavy atom. The van der Waals surface area contributed by atoms with E-state index in [2.05, 4.69) is 24.8 Å². The molecule has 0 amide bonds. The van der Waals surface area contributed by atoms with Gasteiger partial charge in [-0.05, 0) is 113 Å². The fraction of sp³-hybridized carbons (Fsp3) is 0.578. The van der Waals surface area contributed by atoms with Crippen LogP contribution in [0.1, 0.15) is 122 Å². The quantitative estimate of drug-likeness (QED) is 0.117. The molecule has 3 aliphatic heterocycles. The van der Waals surface area contributed by atoms with Gasteiger partial charge >= 0.3 is 5.97 Å². The molecule has 3 heterocycles. The Labute approximate surface area is 320 Å². The number of phenols is 2. The summed E-state index contributed by atoms with van der Waals surface area (Å²) in [5, 5.41) is 23.8. The molecule has 54 heavy (non-hydrogen) atoms. The van der Waals surface area contributed by atoms with Crippen molar-refractivity contribution < 1.29 is 38.8 Å². The average molecular weight is 742 g/mol. The van der Waals surface area contributed by atoms with E-state index in [0.29, 0.717) is 29.7 Å². The lowest BCUT2D eigenvalue weighted by Crippen LogP contribution is -2.72. The van der Waals surface area contributed by atoms with Crippen LogP contribution < -0.4 is 4.74 Å². The van der Waals surface area contributed by atoms with Crippen LogP contribution in [0, 0.1) is 11.8 Å². The summed E-state index contributed by atoms with van der Waals surface area (Å²) >= 11 is 0. The number of fused-ring (bicyclic) bond motifs is 1. The van der Waals surface area contributed by atoms with Crippen molar-refractivity contribution in [2.24, 2.45) is 11.8 Å². The van der Waals surface area contributed by atoms with Crippen molar-refractivity contribution in [2.75, 3.05) is 26.2 Å². The molecule has 4 unspecified atom stereocenters. The van der Waals surface area contributed by atoms with Crippen LogP contribution in [0.5, 0.6) is 17.2 Å². The van der Waals surface area contributed by atoms with E-state index < -0.39 is 40.4 Å². The van der Waals surface area contributed by atoms with E-state index in [9.17, 15) is 24.6 Å². The second-order valence-electron chi connectivity index (χ2n) is 17.1. The first-order valence-electron chi connectivity index (χ1n) is 19.8. The lowest BCUT2D eigenvalue weighted by atomic mass is 9.51. The number of piperidine rings is 1. The van der Waals surface area contributed by atoms with E-state index in [1.165, 1.54) is 12.0 Å². The van der Waals surface area contributed by atoms with Gasteiger partial charge in [-0.15, -0.1) is 0 Å². The van der Waals surface area contributed by atoms with E-state index in [4.69, 9.17) is 14.2 Å². The minimum Gasteiger partial charge on any atom is -0.507 e. The predicted molar refractivity (Wildman–Crippen MR) is 209 cm³/mol. The van der Waals surface area contributed by atoms with E-state index in [1.54, 1.807) is 19.1 Å². The van der Waals surface area contributed by atoms with Crippen LogP contribution in [0.3, 0.4) is 0 Å². The number of Topliss-reactive ketones (excluding diaryl/α,β-unsaturated/α-hetero) is 2. The molecular formula is C45H59NO8. The molecule has 9 nitrogen and oxygen atoms in total. The third kappa shape index (κ3) is 6.91. The Morgan fingerprint density at radius 2 is 1.61 bits per heavy atom. The van der Waals surface area contributed by atoms with Gasteiger partial charge in [0.15, 0.2) is 22.8 Å². The van der Waals surface area contributed by atoms with E-state index in [-0.39, 0.29) is 60.0 Å². The predicted octanol–water partition coefficient (Wildman–Crippen LogP) is 8.21. The number of rotatable bonds is 13. The number of hydrogen-bond donors (Lipinski definition) is 2. The Hall–Kier alpha value is -3.95. The van der Waals surface area contributed by atoms with Crippen LogP contribution in [-0.2, 0) is 31.9 Å². The summed E-state index contributed by atoms with van der Waals surface area (Å²) in [7, 11) is 0. The summed E-state index contributed by atoms with van der Waals surface area (Å²) in [6.45, 7) is 18.5. The summed E-state index contributed by atoms with van der Waals surface area (Å²) < 4.78 is 19.6. The van der Waals surface area contributed by atoms with Crippen LogP contribution in [0.2, 0.25) is 0 Å². The Morgan fingerprint density at radius 1 is 0.926 bits per heavy atom. The zero-order chi connectivity index (χ0) is 39.2. The van der Waals surface area contributed by atoms with Crippen molar-refractivity contribution in [1.82, 2.24) is 4.90 Å². The number of carbonyl (C=O) groups excluding carboxylic acids is 3. The molecule has 2 N–H and O–H groups in total. The second-order valence-corrected chi connectivity index (χ2v) is 17.1. The van der Waals surface area contributed by atoms with Crippen LogP contribution in [0.25, 0.3) is 0 Å². The average Bonchev–Trinajstić information content (AvgIpc) is 3.27. The number of phenolic OH excluding ortho intramolecular Hbond substituents is 2. The van der Waals surface area contributed by atoms with Gasteiger partial charge in [-0.3, -0.25) is 14.5 Å². The molecule has 2 saturated heterocycles. The molecule has 3 fully saturated rings. The molecule has 1 aromatic carbocycles. The number of allylic oxidation sites excluding steroid dienone is 7. The summed E-state index contributed by atoms with van der Waals surface area (Å²) in [6.07, 6.45) is 15.7. The maximum Gasteiger partial charge on any atom is 0.333 e.